The average molecular weight is 407 g/mol. The number of pyridine rings is 1. The van der Waals surface area contributed by atoms with Crippen LogP contribution < -0.4 is 0 Å². The van der Waals surface area contributed by atoms with Gasteiger partial charge in [0.1, 0.15) is 11.6 Å². The third kappa shape index (κ3) is 2.45. The van der Waals surface area contributed by atoms with E-state index >= 15 is 0 Å². The fourth-order valence-electron chi connectivity index (χ4n) is 5.68. The number of halogens is 2. The normalized spacial score (nSPS) is 29.1. The van der Waals surface area contributed by atoms with E-state index < -0.39 is 23.1 Å². The van der Waals surface area contributed by atoms with Gasteiger partial charge in [0.05, 0.1) is 23.3 Å². The highest BCUT2D eigenvalue weighted by molar-refractivity contribution is 5.88. The second-order valence-electron chi connectivity index (χ2n) is 8.93. The third-order valence-electron chi connectivity index (χ3n) is 6.80. The zero-order chi connectivity index (χ0) is 20.5. The molecule has 4 aliphatic rings. The maximum Gasteiger partial charge on any atom is 0.249 e. The van der Waals surface area contributed by atoms with Gasteiger partial charge in [-0.25, -0.2) is 23.8 Å². The van der Waals surface area contributed by atoms with Crippen molar-refractivity contribution in [3.05, 3.63) is 60.1 Å². The molecule has 1 atom stereocenters. The standard InChI is InChI=1S/C22H19F2N5O/c23-15-6-14(7-16(24)8-15)17-3-5-27-29(17)20(30)22-9-21(10-22,11-22)12-28-13-26-19-18(28)2-1-4-25-19/h1-2,4-8,13,17H,3,9-12H2. The number of carbonyl (C=O) groups excluding carboxylic acids is 1. The summed E-state index contributed by atoms with van der Waals surface area (Å²) in [6.07, 6.45) is 8.05. The van der Waals surface area contributed by atoms with E-state index in [9.17, 15) is 13.6 Å². The Balaban J connectivity index is 1.18. The molecule has 0 saturated heterocycles. The lowest BCUT2D eigenvalue weighted by Gasteiger charge is -2.70. The van der Waals surface area contributed by atoms with Crippen LogP contribution in [-0.4, -0.2) is 31.7 Å². The lowest BCUT2D eigenvalue weighted by Crippen LogP contribution is -2.68. The summed E-state index contributed by atoms with van der Waals surface area (Å²) in [5.41, 5.74) is 1.87. The van der Waals surface area contributed by atoms with Gasteiger partial charge in [-0.05, 0) is 54.5 Å². The first-order chi connectivity index (χ1) is 14.5. The van der Waals surface area contributed by atoms with Crippen molar-refractivity contribution in [2.45, 2.75) is 38.3 Å². The van der Waals surface area contributed by atoms with Crippen LogP contribution in [-0.2, 0) is 11.3 Å². The Kier molecular flexibility index (Phi) is 3.50. The van der Waals surface area contributed by atoms with Gasteiger partial charge in [0.2, 0.25) is 5.91 Å². The molecule has 8 heteroatoms. The van der Waals surface area contributed by atoms with Gasteiger partial charge in [0.25, 0.3) is 0 Å². The molecule has 0 radical (unpaired) electrons. The number of carbonyl (C=O) groups is 1. The van der Waals surface area contributed by atoms with E-state index in [1.165, 1.54) is 17.1 Å². The predicted octanol–water partition coefficient (Wildman–Crippen LogP) is 3.84. The van der Waals surface area contributed by atoms with E-state index in [1.54, 1.807) is 12.4 Å². The number of imidazole rings is 1. The Bertz CT molecular complexity index is 1180. The van der Waals surface area contributed by atoms with Crippen molar-refractivity contribution >= 4 is 23.3 Å². The van der Waals surface area contributed by atoms with Crippen molar-refractivity contribution in [1.82, 2.24) is 19.5 Å². The van der Waals surface area contributed by atoms with Gasteiger partial charge in [-0.2, -0.15) is 5.10 Å². The highest BCUT2D eigenvalue weighted by Gasteiger charge is 2.72. The van der Waals surface area contributed by atoms with Crippen molar-refractivity contribution in [1.29, 1.82) is 0 Å². The predicted molar refractivity (Wildman–Crippen MR) is 105 cm³/mol. The summed E-state index contributed by atoms with van der Waals surface area (Å²) in [6, 6.07) is 6.86. The summed E-state index contributed by atoms with van der Waals surface area (Å²) >= 11 is 0. The molecule has 0 N–H and O–H groups in total. The average Bonchev–Trinajstić information content (AvgIpc) is 3.29. The van der Waals surface area contributed by atoms with Crippen molar-refractivity contribution in [2.24, 2.45) is 15.9 Å². The van der Waals surface area contributed by atoms with Crippen LogP contribution in [0.3, 0.4) is 0 Å². The van der Waals surface area contributed by atoms with Gasteiger partial charge in [0.15, 0.2) is 5.65 Å². The number of aromatic nitrogens is 3. The number of benzene rings is 1. The van der Waals surface area contributed by atoms with Gasteiger partial charge < -0.3 is 4.57 Å². The fourth-order valence-corrected chi connectivity index (χ4v) is 5.68. The van der Waals surface area contributed by atoms with Crippen LogP contribution >= 0.6 is 0 Å². The van der Waals surface area contributed by atoms with Crippen molar-refractivity contribution in [2.75, 3.05) is 0 Å². The molecular weight excluding hydrogens is 388 g/mol. The number of rotatable bonds is 4. The van der Waals surface area contributed by atoms with Crippen LogP contribution in [0.1, 0.15) is 37.3 Å². The molecule has 7 rings (SSSR count). The Morgan fingerprint density at radius 2 is 1.90 bits per heavy atom. The van der Waals surface area contributed by atoms with Crippen LogP contribution in [0.25, 0.3) is 11.2 Å². The number of hydrazone groups is 1. The summed E-state index contributed by atoms with van der Waals surface area (Å²) in [4.78, 5) is 21.9. The van der Waals surface area contributed by atoms with E-state index in [0.717, 1.165) is 43.0 Å². The topological polar surface area (TPSA) is 63.4 Å². The molecule has 3 fully saturated rings. The Hall–Kier alpha value is -3.16. The van der Waals surface area contributed by atoms with Crippen LogP contribution in [0.5, 0.6) is 0 Å². The lowest BCUT2D eigenvalue weighted by molar-refractivity contribution is -0.222. The van der Waals surface area contributed by atoms with Crippen molar-refractivity contribution in [3.8, 4) is 0 Å². The van der Waals surface area contributed by atoms with Gasteiger partial charge in [-0.1, -0.05) is 0 Å². The molecule has 3 aliphatic carbocycles. The first-order valence-electron chi connectivity index (χ1n) is 10.1. The number of fused-ring (bicyclic) bond motifs is 1. The van der Waals surface area contributed by atoms with E-state index in [1.807, 2.05) is 18.5 Å². The molecule has 30 heavy (non-hydrogen) atoms. The Morgan fingerprint density at radius 3 is 2.67 bits per heavy atom. The van der Waals surface area contributed by atoms with Crippen LogP contribution in [0.4, 0.5) is 8.78 Å². The molecule has 0 spiro atoms. The van der Waals surface area contributed by atoms with E-state index in [-0.39, 0.29) is 11.3 Å². The second kappa shape index (κ2) is 5.93. The summed E-state index contributed by atoms with van der Waals surface area (Å²) < 4.78 is 29.5. The van der Waals surface area contributed by atoms with Crippen LogP contribution in [0, 0.1) is 22.5 Å². The molecule has 1 amide bonds. The molecule has 2 aromatic heterocycles. The van der Waals surface area contributed by atoms with Crippen molar-refractivity contribution in [3.63, 3.8) is 0 Å². The van der Waals surface area contributed by atoms with E-state index in [0.29, 0.717) is 12.0 Å². The maximum absolute atomic E-state index is 13.7. The minimum Gasteiger partial charge on any atom is -0.329 e. The van der Waals surface area contributed by atoms with Crippen LogP contribution in [0.2, 0.25) is 0 Å². The summed E-state index contributed by atoms with van der Waals surface area (Å²) in [5, 5.41) is 5.69. The lowest BCUT2D eigenvalue weighted by atomic mass is 9.34. The van der Waals surface area contributed by atoms with Gasteiger partial charge in [-0.15, -0.1) is 0 Å². The Morgan fingerprint density at radius 1 is 1.13 bits per heavy atom. The minimum absolute atomic E-state index is 0.0371. The molecule has 2 bridgehead atoms. The molecular formula is C22H19F2N5O. The second-order valence-corrected chi connectivity index (χ2v) is 8.93. The molecule has 1 aliphatic heterocycles. The smallest absolute Gasteiger partial charge is 0.249 e. The summed E-state index contributed by atoms with van der Waals surface area (Å²) in [6.45, 7) is 0.812. The zero-order valence-electron chi connectivity index (χ0n) is 16.1. The molecule has 1 unspecified atom stereocenters. The number of amides is 1. The molecule has 152 valence electrons. The van der Waals surface area contributed by atoms with Gasteiger partial charge in [-0.3, -0.25) is 4.79 Å². The summed E-state index contributed by atoms with van der Waals surface area (Å²) in [7, 11) is 0. The molecule has 6 nitrogen and oxygen atoms in total. The third-order valence-corrected chi connectivity index (χ3v) is 6.80. The molecule has 3 aromatic rings. The first-order valence-corrected chi connectivity index (χ1v) is 10.1. The van der Waals surface area contributed by atoms with E-state index in [2.05, 4.69) is 19.6 Å². The quantitative estimate of drug-likeness (QED) is 0.660. The fraction of sp³-hybridized carbons (Fsp3) is 0.364. The monoisotopic (exact) mass is 407 g/mol. The van der Waals surface area contributed by atoms with Gasteiger partial charge >= 0.3 is 0 Å². The number of hydrogen-bond donors (Lipinski definition) is 0. The minimum atomic E-state index is -0.643. The highest BCUT2D eigenvalue weighted by atomic mass is 19.1. The number of hydrogen-bond acceptors (Lipinski definition) is 4. The number of nitrogens with zero attached hydrogens (tertiary/aromatic N) is 5. The molecule has 3 heterocycles. The zero-order valence-corrected chi connectivity index (χ0v) is 16.1. The SMILES string of the molecule is O=C(N1N=CCC1c1cc(F)cc(F)c1)C12CC(Cn3cnc4ncccc43)(C1)C2. The Labute approximate surface area is 171 Å². The summed E-state index contributed by atoms with van der Waals surface area (Å²) in [5.74, 6) is -1.32. The van der Waals surface area contributed by atoms with Gasteiger partial charge in [0, 0.05) is 31.4 Å². The molecule has 1 aromatic carbocycles. The van der Waals surface area contributed by atoms with Crippen LogP contribution in [0.15, 0.2) is 48.0 Å². The van der Waals surface area contributed by atoms with Crippen molar-refractivity contribution < 1.29 is 13.6 Å². The highest BCUT2D eigenvalue weighted by Crippen LogP contribution is 2.74. The van der Waals surface area contributed by atoms with E-state index in [4.69, 9.17) is 0 Å². The molecule has 3 saturated carbocycles. The first kappa shape index (κ1) is 17.7. The maximum atomic E-state index is 13.7. The largest absolute Gasteiger partial charge is 0.329 e.